The molecule has 0 saturated heterocycles. The molecular formula is C18H23BrN2O4S. The van der Waals surface area contributed by atoms with Crippen molar-refractivity contribution in [2.75, 3.05) is 36.8 Å². The Balaban J connectivity index is 2.44. The Kier molecular flexibility index (Phi) is 6.77. The van der Waals surface area contributed by atoms with E-state index in [-0.39, 0.29) is 5.75 Å². The lowest BCUT2D eigenvalue weighted by molar-refractivity contribution is 0.310. The van der Waals surface area contributed by atoms with Crippen LogP contribution in [0.4, 0.5) is 11.4 Å². The van der Waals surface area contributed by atoms with Crippen LogP contribution in [-0.4, -0.2) is 34.1 Å². The number of nitrogens with one attached hydrogen (secondary N) is 1. The van der Waals surface area contributed by atoms with Crippen LogP contribution >= 0.6 is 15.9 Å². The van der Waals surface area contributed by atoms with Crippen LogP contribution < -0.4 is 20.5 Å². The maximum atomic E-state index is 12.0. The van der Waals surface area contributed by atoms with E-state index in [0.29, 0.717) is 29.5 Å². The minimum absolute atomic E-state index is 0.0865. The third-order valence-electron chi connectivity index (χ3n) is 3.74. The molecule has 26 heavy (non-hydrogen) atoms. The molecule has 0 unspecified atom stereocenters. The van der Waals surface area contributed by atoms with Gasteiger partial charge in [-0.25, -0.2) is 8.42 Å². The van der Waals surface area contributed by atoms with Crippen molar-refractivity contribution in [3.8, 4) is 11.5 Å². The highest BCUT2D eigenvalue weighted by Gasteiger charge is 2.20. The molecule has 0 heterocycles. The van der Waals surface area contributed by atoms with Gasteiger partial charge in [-0.05, 0) is 52.7 Å². The third kappa shape index (κ3) is 5.28. The van der Waals surface area contributed by atoms with Gasteiger partial charge in [0.1, 0.15) is 9.84 Å². The Hall–Kier alpha value is -1.93. The number of ether oxygens (including phenoxy) is 2. The van der Waals surface area contributed by atoms with Crippen molar-refractivity contribution in [3.05, 3.63) is 46.4 Å². The molecule has 0 aliphatic rings. The van der Waals surface area contributed by atoms with Crippen LogP contribution in [-0.2, 0) is 9.84 Å². The van der Waals surface area contributed by atoms with Crippen LogP contribution in [0.15, 0.2) is 40.9 Å². The SMILES string of the molecule is CCOc1cc([C@@H](CS(C)(=O)=O)Nc2cccc(Br)c2N)ccc1OC. The quantitative estimate of drug-likeness (QED) is 0.606. The second kappa shape index (κ2) is 8.64. The Morgan fingerprint density at radius 2 is 1.96 bits per heavy atom. The van der Waals surface area contributed by atoms with Gasteiger partial charge in [-0.1, -0.05) is 12.1 Å². The molecule has 2 rings (SSSR count). The molecule has 0 spiro atoms. The van der Waals surface area contributed by atoms with E-state index in [1.54, 1.807) is 19.2 Å². The fraction of sp³-hybridized carbons (Fsp3) is 0.333. The van der Waals surface area contributed by atoms with E-state index in [0.717, 1.165) is 10.0 Å². The van der Waals surface area contributed by atoms with Gasteiger partial charge in [0.05, 0.1) is 36.9 Å². The van der Waals surface area contributed by atoms with Gasteiger partial charge < -0.3 is 20.5 Å². The van der Waals surface area contributed by atoms with E-state index in [4.69, 9.17) is 15.2 Å². The summed E-state index contributed by atoms with van der Waals surface area (Å²) in [5, 5.41) is 3.24. The molecule has 2 aromatic carbocycles. The molecule has 0 radical (unpaired) electrons. The maximum absolute atomic E-state index is 12.0. The first kappa shape index (κ1) is 20.4. The predicted molar refractivity (Wildman–Crippen MR) is 109 cm³/mol. The molecule has 0 saturated carbocycles. The van der Waals surface area contributed by atoms with Crippen molar-refractivity contribution in [2.45, 2.75) is 13.0 Å². The normalized spacial score (nSPS) is 12.5. The molecule has 142 valence electrons. The zero-order chi connectivity index (χ0) is 19.3. The van der Waals surface area contributed by atoms with Crippen molar-refractivity contribution in [1.29, 1.82) is 0 Å². The fourth-order valence-electron chi connectivity index (χ4n) is 2.55. The molecule has 0 aromatic heterocycles. The van der Waals surface area contributed by atoms with Gasteiger partial charge in [0, 0.05) is 10.7 Å². The molecule has 2 aromatic rings. The van der Waals surface area contributed by atoms with Crippen LogP contribution in [0.5, 0.6) is 11.5 Å². The molecule has 0 amide bonds. The number of hydrogen-bond donors (Lipinski definition) is 2. The van der Waals surface area contributed by atoms with Crippen LogP contribution in [0, 0.1) is 0 Å². The minimum atomic E-state index is -3.24. The summed E-state index contributed by atoms with van der Waals surface area (Å²) in [5.41, 5.74) is 8.03. The molecule has 0 bridgehead atoms. The summed E-state index contributed by atoms with van der Waals surface area (Å²) in [6.45, 7) is 2.35. The second-order valence-corrected chi connectivity index (χ2v) is 8.87. The number of halogens is 1. The number of benzene rings is 2. The lowest BCUT2D eigenvalue weighted by Gasteiger charge is -2.22. The van der Waals surface area contributed by atoms with Gasteiger partial charge >= 0.3 is 0 Å². The van der Waals surface area contributed by atoms with Crippen LogP contribution in [0.25, 0.3) is 0 Å². The molecular weight excluding hydrogens is 420 g/mol. The smallest absolute Gasteiger partial charge is 0.161 e. The van der Waals surface area contributed by atoms with Gasteiger partial charge in [-0.3, -0.25) is 0 Å². The Bertz CT molecular complexity index is 871. The zero-order valence-corrected chi connectivity index (χ0v) is 17.4. The van der Waals surface area contributed by atoms with E-state index in [2.05, 4.69) is 21.2 Å². The van der Waals surface area contributed by atoms with Crippen LogP contribution in [0.2, 0.25) is 0 Å². The van der Waals surface area contributed by atoms with E-state index >= 15 is 0 Å². The summed E-state index contributed by atoms with van der Waals surface area (Å²) < 4.78 is 35.6. The van der Waals surface area contributed by atoms with E-state index in [1.807, 2.05) is 31.2 Å². The molecule has 6 nitrogen and oxygen atoms in total. The van der Waals surface area contributed by atoms with Gasteiger partial charge in [0.25, 0.3) is 0 Å². The minimum Gasteiger partial charge on any atom is -0.493 e. The van der Waals surface area contributed by atoms with Gasteiger partial charge in [-0.15, -0.1) is 0 Å². The molecule has 0 fully saturated rings. The van der Waals surface area contributed by atoms with E-state index < -0.39 is 15.9 Å². The van der Waals surface area contributed by atoms with Crippen molar-refractivity contribution < 1.29 is 17.9 Å². The highest BCUT2D eigenvalue weighted by Crippen LogP contribution is 2.34. The number of nitrogens with two attached hydrogens (primary N) is 1. The van der Waals surface area contributed by atoms with E-state index in [9.17, 15) is 8.42 Å². The monoisotopic (exact) mass is 442 g/mol. The van der Waals surface area contributed by atoms with Crippen LogP contribution in [0.3, 0.4) is 0 Å². The lowest BCUT2D eigenvalue weighted by Crippen LogP contribution is -2.21. The molecule has 3 N–H and O–H groups in total. The van der Waals surface area contributed by atoms with Crippen molar-refractivity contribution in [2.24, 2.45) is 0 Å². The maximum Gasteiger partial charge on any atom is 0.161 e. The van der Waals surface area contributed by atoms with Crippen molar-refractivity contribution in [3.63, 3.8) is 0 Å². The number of methoxy groups -OCH3 is 1. The first-order chi connectivity index (χ1) is 12.2. The largest absolute Gasteiger partial charge is 0.493 e. The summed E-state index contributed by atoms with van der Waals surface area (Å²) in [6, 6.07) is 10.3. The van der Waals surface area contributed by atoms with Gasteiger partial charge in [0.15, 0.2) is 11.5 Å². The fourth-order valence-corrected chi connectivity index (χ4v) is 3.80. The summed E-state index contributed by atoms with van der Waals surface area (Å²) >= 11 is 3.38. The number of nitrogen functional groups attached to an aromatic ring is 1. The van der Waals surface area contributed by atoms with Crippen molar-refractivity contribution in [1.82, 2.24) is 0 Å². The molecule has 1 atom stereocenters. The Labute approximate surface area is 162 Å². The summed E-state index contributed by atoms with van der Waals surface area (Å²) in [5.74, 6) is 1.07. The topological polar surface area (TPSA) is 90.7 Å². The first-order valence-corrected chi connectivity index (χ1v) is 10.9. The molecule has 8 heteroatoms. The average Bonchev–Trinajstić information content (AvgIpc) is 2.57. The first-order valence-electron chi connectivity index (χ1n) is 8.04. The van der Waals surface area contributed by atoms with Gasteiger partial charge in [-0.2, -0.15) is 0 Å². The van der Waals surface area contributed by atoms with Crippen molar-refractivity contribution >= 4 is 37.1 Å². The summed E-state index contributed by atoms with van der Waals surface area (Å²) in [4.78, 5) is 0. The third-order valence-corrected chi connectivity index (χ3v) is 5.37. The van der Waals surface area contributed by atoms with Crippen LogP contribution in [0.1, 0.15) is 18.5 Å². The Morgan fingerprint density at radius 3 is 2.58 bits per heavy atom. The highest BCUT2D eigenvalue weighted by molar-refractivity contribution is 9.10. The standard InChI is InChI=1S/C18H23BrN2O4S/c1-4-25-17-10-12(8-9-16(17)24-2)15(11-26(3,22)23)21-14-7-5-6-13(19)18(14)20/h5-10,15,21H,4,11,20H2,1-3H3/t15-/m1/s1. The van der Waals surface area contributed by atoms with Gasteiger partial charge in [0.2, 0.25) is 0 Å². The molecule has 0 aliphatic heterocycles. The lowest BCUT2D eigenvalue weighted by atomic mass is 10.1. The number of rotatable bonds is 8. The predicted octanol–water partition coefficient (Wildman–Crippen LogP) is 3.64. The number of para-hydroxylation sites is 1. The number of hydrogen-bond acceptors (Lipinski definition) is 6. The van der Waals surface area contributed by atoms with E-state index in [1.165, 1.54) is 6.26 Å². The number of anilines is 2. The average molecular weight is 443 g/mol. The summed E-state index contributed by atoms with van der Waals surface area (Å²) in [6.07, 6.45) is 1.21. The number of sulfone groups is 1. The molecule has 0 aliphatic carbocycles. The summed E-state index contributed by atoms with van der Waals surface area (Å²) in [7, 11) is -1.68. The second-order valence-electron chi connectivity index (χ2n) is 5.83. The Morgan fingerprint density at radius 1 is 1.23 bits per heavy atom. The zero-order valence-electron chi connectivity index (χ0n) is 15.0. The highest BCUT2D eigenvalue weighted by atomic mass is 79.9.